The SMILES string of the molecule is NC1=NCNC2=C1NCN2[C@H]1CC[C@@H](COPO)O1. The van der Waals surface area contributed by atoms with Crippen LogP contribution in [0.3, 0.4) is 0 Å². The zero-order chi connectivity index (χ0) is 13.2. The number of nitrogens with two attached hydrogens (primary N) is 1. The minimum absolute atomic E-state index is 0.00836. The van der Waals surface area contributed by atoms with E-state index >= 15 is 0 Å². The second-order valence-electron chi connectivity index (χ2n) is 4.60. The van der Waals surface area contributed by atoms with Gasteiger partial charge in [0.15, 0.2) is 9.03 Å². The number of rotatable bonds is 4. The van der Waals surface area contributed by atoms with E-state index in [0.717, 1.165) is 24.4 Å². The van der Waals surface area contributed by atoms with Crippen molar-refractivity contribution in [1.82, 2.24) is 15.5 Å². The molecule has 0 amide bonds. The Morgan fingerprint density at radius 3 is 3.26 bits per heavy atom. The van der Waals surface area contributed by atoms with E-state index in [1.54, 1.807) is 0 Å². The number of hydrogen-bond acceptors (Lipinski definition) is 8. The average molecular weight is 287 g/mol. The summed E-state index contributed by atoms with van der Waals surface area (Å²) in [4.78, 5) is 14.9. The Balaban J connectivity index is 1.63. The molecule has 1 fully saturated rings. The molecule has 5 N–H and O–H groups in total. The molecule has 0 aliphatic carbocycles. The third-order valence-corrected chi connectivity index (χ3v) is 3.76. The first-order valence-electron chi connectivity index (χ1n) is 6.25. The molecule has 0 saturated carbocycles. The van der Waals surface area contributed by atoms with Gasteiger partial charge in [-0.05, 0) is 12.8 Å². The van der Waals surface area contributed by atoms with Crippen molar-refractivity contribution < 1.29 is 14.2 Å². The normalized spacial score (nSPS) is 30.6. The maximum absolute atomic E-state index is 8.67. The first-order valence-corrected chi connectivity index (χ1v) is 7.10. The zero-order valence-electron chi connectivity index (χ0n) is 10.4. The van der Waals surface area contributed by atoms with Gasteiger partial charge in [0.1, 0.15) is 30.3 Å². The second kappa shape index (κ2) is 5.50. The standard InChI is InChI=1S/C10H18N5O3P/c11-9-8-10(13-4-12-9)15(5-14-8)7-2-1-6(18-7)3-17-19-16/h6-7,13-14,16,19H,1-5H2,(H2,11,12)/t6-,7+/m0/s1. The molecule has 3 rings (SSSR count). The van der Waals surface area contributed by atoms with Crippen LogP contribution in [0.5, 0.6) is 0 Å². The Labute approximate surface area is 113 Å². The van der Waals surface area contributed by atoms with Gasteiger partial charge >= 0.3 is 0 Å². The highest BCUT2D eigenvalue weighted by atomic mass is 31.1. The lowest BCUT2D eigenvalue weighted by molar-refractivity contribution is -0.0507. The molecule has 0 aromatic carbocycles. The third-order valence-electron chi connectivity index (χ3n) is 3.47. The highest BCUT2D eigenvalue weighted by Gasteiger charge is 2.36. The van der Waals surface area contributed by atoms with Gasteiger partial charge in [0.2, 0.25) is 0 Å². The van der Waals surface area contributed by atoms with Gasteiger partial charge in [-0.1, -0.05) is 0 Å². The molecule has 1 saturated heterocycles. The lowest BCUT2D eigenvalue weighted by atomic mass is 10.2. The number of hydrogen-bond donors (Lipinski definition) is 4. The average Bonchev–Trinajstić information content (AvgIpc) is 3.02. The van der Waals surface area contributed by atoms with Gasteiger partial charge in [0.05, 0.1) is 19.4 Å². The fraction of sp³-hybridized carbons (Fsp3) is 0.700. The molecule has 0 spiro atoms. The Kier molecular flexibility index (Phi) is 3.74. The molecule has 3 aliphatic rings. The maximum atomic E-state index is 8.67. The van der Waals surface area contributed by atoms with Crippen LogP contribution >= 0.6 is 9.03 Å². The Morgan fingerprint density at radius 2 is 2.42 bits per heavy atom. The van der Waals surface area contributed by atoms with E-state index in [-0.39, 0.29) is 12.3 Å². The molecular weight excluding hydrogens is 269 g/mol. The van der Waals surface area contributed by atoms with Gasteiger partial charge in [-0.25, -0.2) is 4.99 Å². The maximum Gasteiger partial charge on any atom is 0.152 e. The lowest BCUT2D eigenvalue weighted by Crippen LogP contribution is -2.40. The quantitative estimate of drug-likeness (QED) is 0.489. The van der Waals surface area contributed by atoms with Gasteiger partial charge in [0.25, 0.3) is 0 Å². The van der Waals surface area contributed by atoms with Crippen LogP contribution in [0.4, 0.5) is 0 Å². The van der Waals surface area contributed by atoms with Crippen molar-refractivity contribution in [1.29, 1.82) is 0 Å². The summed E-state index contributed by atoms with van der Waals surface area (Å²) >= 11 is 0. The van der Waals surface area contributed by atoms with Crippen molar-refractivity contribution >= 4 is 14.9 Å². The fourth-order valence-corrected chi connectivity index (χ4v) is 2.83. The van der Waals surface area contributed by atoms with E-state index in [1.807, 2.05) is 0 Å². The number of nitrogens with zero attached hydrogens (tertiary/aromatic N) is 2. The van der Waals surface area contributed by atoms with Crippen molar-refractivity contribution in [3.63, 3.8) is 0 Å². The topological polar surface area (TPSA) is 104 Å². The van der Waals surface area contributed by atoms with Crippen LogP contribution in [0.15, 0.2) is 16.5 Å². The summed E-state index contributed by atoms with van der Waals surface area (Å²) in [6.07, 6.45) is 1.91. The van der Waals surface area contributed by atoms with E-state index in [1.165, 1.54) is 0 Å². The Hall–Kier alpha value is -1.08. The Bertz CT molecular complexity index is 416. The van der Waals surface area contributed by atoms with Crippen molar-refractivity contribution in [3.8, 4) is 0 Å². The third kappa shape index (κ3) is 2.49. The summed E-state index contributed by atoms with van der Waals surface area (Å²) in [6, 6.07) is 0. The Morgan fingerprint density at radius 1 is 1.53 bits per heavy atom. The largest absolute Gasteiger partial charge is 0.382 e. The number of nitrogens with one attached hydrogen (secondary N) is 2. The van der Waals surface area contributed by atoms with Crippen molar-refractivity contribution in [2.45, 2.75) is 25.2 Å². The van der Waals surface area contributed by atoms with Crippen LogP contribution in [0.25, 0.3) is 0 Å². The molecule has 3 atom stereocenters. The van der Waals surface area contributed by atoms with Gasteiger partial charge in [0, 0.05) is 0 Å². The molecule has 0 aromatic rings. The van der Waals surface area contributed by atoms with E-state index in [4.69, 9.17) is 19.9 Å². The first kappa shape index (κ1) is 12.9. The molecule has 0 radical (unpaired) electrons. The minimum Gasteiger partial charge on any atom is -0.382 e. The smallest absolute Gasteiger partial charge is 0.152 e. The predicted octanol–water partition coefficient (Wildman–Crippen LogP) is -1.04. The van der Waals surface area contributed by atoms with Crippen molar-refractivity contribution in [2.24, 2.45) is 10.7 Å². The van der Waals surface area contributed by atoms with Crippen molar-refractivity contribution in [3.05, 3.63) is 11.5 Å². The predicted molar refractivity (Wildman–Crippen MR) is 70.9 cm³/mol. The monoisotopic (exact) mass is 287 g/mol. The molecule has 9 heteroatoms. The van der Waals surface area contributed by atoms with Gasteiger partial charge < -0.3 is 35.4 Å². The number of aliphatic imine (C=N–C) groups is 1. The molecule has 8 nitrogen and oxygen atoms in total. The molecule has 1 unspecified atom stereocenters. The zero-order valence-corrected chi connectivity index (χ0v) is 11.4. The second-order valence-corrected chi connectivity index (χ2v) is 5.07. The van der Waals surface area contributed by atoms with E-state index in [0.29, 0.717) is 25.8 Å². The van der Waals surface area contributed by atoms with E-state index < -0.39 is 9.03 Å². The summed E-state index contributed by atoms with van der Waals surface area (Å²) in [5.74, 6) is 1.50. The fourth-order valence-electron chi connectivity index (χ4n) is 2.57. The minimum atomic E-state index is -0.479. The molecule has 3 heterocycles. The summed E-state index contributed by atoms with van der Waals surface area (Å²) in [5.41, 5.74) is 6.70. The number of amidine groups is 1. The van der Waals surface area contributed by atoms with Crippen LogP contribution in [-0.4, -0.2) is 47.9 Å². The molecular formula is C10H18N5O3P. The van der Waals surface area contributed by atoms with Crippen LogP contribution in [0.1, 0.15) is 12.8 Å². The molecule has 3 aliphatic heterocycles. The van der Waals surface area contributed by atoms with Crippen LogP contribution < -0.4 is 16.4 Å². The van der Waals surface area contributed by atoms with Crippen LogP contribution in [-0.2, 0) is 9.26 Å². The van der Waals surface area contributed by atoms with Crippen LogP contribution in [0, 0.1) is 0 Å². The number of ether oxygens (including phenoxy) is 1. The van der Waals surface area contributed by atoms with Gasteiger partial charge in [-0.2, -0.15) is 0 Å². The van der Waals surface area contributed by atoms with Crippen molar-refractivity contribution in [2.75, 3.05) is 19.9 Å². The molecule has 19 heavy (non-hydrogen) atoms. The molecule has 0 bridgehead atoms. The van der Waals surface area contributed by atoms with Gasteiger partial charge in [-0.3, -0.25) is 0 Å². The summed E-state index contributed by atoms with van der Waals surface area (Å²) in [5, 5.41) is 6.45. The summed E-state index contributed by atoms with van der Waals surface area (Å²) in [7, 11) is -0.479. The van der Waals surface area contributed by atoms with E-state index in [2.05, 4.69) is 20.5 Å². The highest BCUT2D eigenvalue weighted by molar-refractivity contribution is 7.24. The van der Waals surface area contributed by atoms with Gasteiger partial charge in [-0.15, -0.1) is 0 Å². The van der Waals surface area contributed by atoms with E-state index in [9.17, 15) is 0 Å². The lowest BCUT2D eigenvalue weighted by Gasteiger charge is -2.28. The highest BCUT2D eigenvalue weighted by Crippen LogP contribution is 2.28. The van der Waals surface area contributed by atoms with Crippen LogP contribution in [0.2, 0.25) is 0 Å². The molecule has 106 valence electrons. The summed E-state index contributed by atoms with van der Waals surface area (Å²) < 4.78 is 10.9. The molecule has 0 aromatic heterocycles. The first-order chi connectivity index (χ1) is 9.29. The summed E-state index contributed by atoms with van der Waals surface area (Å²) in [6.45, 7) is 1.59.